The second-order valence-corrected chi connectivity index (χ2v) is 4.34. The molecule has 2 aromatic rings. The van der Waals surface area contributed by atoms with Gasteiger partial charge in [0.05, 0.1) is 19.7 Å². The highest BCUT2D eigenvalue weighted by atomic mass is 16.6. The standard InChI is InChI=1S/C14H16N2O4/c1-10(12-5-3-4-6-13(12)19-2)15-9-11-7-8-14(20-11)16(17)18/h3-8,10,15H,9H2,1-2H3/t10-/m0/s1. The van der Waals surface area contributed by atoms with Crippen LogP contribution in [0.15, 0.2) is 40.8 Å². The van der Waals surface area contributed by atoms with Crippen molar-refractivity contribution in [2.45, 2.75) is 19.5 Å². The molecule has 1 atom stereocenters. The smallest absolute Gasteiger partial charge is 0.433 e. The van der Waals surface area contributed by atoms with Crippen molar-refractivity contribution in [1.82, 2.24) is 5.32 Å². The van der Waals surface area contributed by atoms with E-state index in [-0.39, 0.29) is 11.9 Å². The van der Waals surface area contributed by atoms with Gasteiger partial charge >= 0.3 is 5.88 Å². The van der Waals surface area contributed by atoms with E-state index in [1.54, 1.807) is 13.2 Å². The highest BCUT2D eigenvalue weighted by Crippen LogP contribution is 2.25. The van der Waals surface area contributed by atoms with Gasteiger partial charge in [-0.3, -0.25) is 10.1 Å². The number of methoxy groups -OCH3 is 1. The van der Waals surface area contributed by atoms with Crippen LogP contribution in [0.1, 0.15) is 24.3 Å². The molecule has 0 spiro atoms. The summed E-state index contributed by atoms with van der Waals surface area (Å²) >= 11 is 0. The summed E-state index contributed by atoms with van der Waals surface area (Å²) in [6.07, 6.45) is 0. The van der Waals surface area contributed by atoms with Crippen molar-refractivity contribution in [3.05, 3.63) is 57.8 Å². The van der Waals surface area contributed by atoms with Crippen molar-refractivity contribution in [3.63, 3.8) is 0 Å². The van der Waals surface area contributed by atoms with Gasteiger partial charge in [-0.15, -0.1) is 0 Å². The molecule has 0 bridgehead atoms. The topological polar surface area (TPSA) is 77.5 Å². The van der Waals surface area contributed by atoms with E-state index in [0.29, 0.717) is 12.3 Å². The van der Waals surface area contributed by atoms with Gasteiger partial charge in [-0.05, 0) is 19.1 Å². The van der Waals surface area contributed by atoms with Gasteiger partial charge < -0.3 is 14.5 Å². The van der Waals surface area contributed by atoms with Crippen LogP contribution in [0.25, 0.3) is 0 Å². The van der Waals surface area contributed by atoms with Crippen molar-refractivity contribution in [2.75, 3.05) is 7.11 Å². The van der Waals surface area contributed by atoms with Crippen LogP contribution in [0.2, 0.25) is 0 Å². The highest BCUT2D eigenvalue weighted by molar-refractivity contribution is 5.35. The highest BCUT2D eigenvalue weighted by Gasteiger charge is 2.14. The lowest BCUT2D eigenvalue weighted by atomic mass is 10.1. The summed E-state index contributed by atoms with van der Waals surface area (Å²) in [6.45, 7) is 2.41. The minimum absolute atomic E-state index is 0.0373. The van der Waals surface area contributed by atoms with E-state index in [1.165, 1.54) is 6.07 Å². The Kier molecular flexibility index (Phi) is 4.37. The fourth-order valence-electron chi connectivity index (χ4n) is 1.95. The molecule has 0 aliphatic heterocycles. The average molecular weight is 276 g/mol. The van der Waals surface area contributed by atoms with E-state index < -0.39 is 4.92 Å². The summed E-state index contributed by atoms with van der Waals surface area (Å²) in [5, 5.41) is 13.8. The number of ether oxygens (including phenoxy) is 1. The normalized spacial score (nSPS) is 12.1. The van der Waals surface area contributed by atoms with E-state index in [0.717, 1.165) is 11.3 Å². The van der Waals surface area contributed by atoms with Crippen molar-refractivity contribution in [2.24, 2.45) is 0 Å². The number of rotatable bonds is 6. The maximum absolute atomic E-state index is 10.5. The molecular weight excluding hydrogens is 260 g/mol. The monoisotopic (exact) mass is 276 g/mol. The summed E-state index contributed by atoms with van der Waals surface area (Å²) < 4.78 is 10.4. The number of para-hydroxylation sites is 1. The number of hydrogen-bond acceptors (Lipinski definition) is 5. The molecule has 20 heavy (non-hydrogen) atoms. The molecule has 0 saturated carbocycles. The first kappa shape index (κ1) is 14.1. The van der Waals surface area contributed by atoms with Gasteiger partial charge in [0.25, 0.3) is 0 Å². The average Bonchev–Trinajstić information content (AvgIpc) is 2.94. The third-order valence-corrected chi connectivity index (χ3v) is 3.02. The molecule has 1 heterocycles. The molecule has 0 unspecified atom stereocenters. The first-order chi connectivity index (χ1) is 9.61. The van der Waals surface area contributed by atoms with Gasteiger partial charge in [0.2, 0.25) is 0 Å². The van der Waals surface area contributed by atoms with E-state index >= 15 is 0 Å². The van der Waals surface area contributed by atoms with E-state index in [2.05, 4.69) is 5.32 Å². The van der Waals surface area contributed by atoms with Crippen LogP contribution in [0.4, 0.5) is 5.88 Å². The first-order valence-corrected chi connectivity index (χ1v) is 6.21. The molecule has 1 aromatic carbocycles. The number of nitrogens with zero attached hydrogens (tertiary/aromatic N) is 1. The molecule has 0 aliphatic rings. The molecule has 6 nitrogen and oxygen atoms in total. The largest absolute Gasteiger partial charge is 0.496 e. The lowest BCUT2D eigenvalue weighted by Crippen LogP contribution is -2.18. The summed E-state index contributed by atoms with van der Waals surface area (Å²) in [7, 11) is 1.63. The molecule has 1 N–H and O–H groups in total. The maximum atomic E-state index is 10.5. The first-order valence-electron chi connectivity index (χ1n) is 6.21. The van der Waals surface area contributed by atoms with Crippen LogP contribution in [-0.4, -0.2) is 12.0 Å². The van der Waals surface area contributed by atoms with Gasteiger partial charge in [0, 0.05) is 11.6 Å². The van der Waals surface area contributed by atoms with Crippen LogP contribution in [0.5, 0.6) is 5.75 Å². The molecule has 1 aromatic heterocycles. The fraction of sp³-hybridized carbons (Fsp3) is 0.286. The van der Waals surface area contributed by atoms with Gasteiger partial charge in [0.1, 0.15) is 16.4 Å². The summed E-state index contributed by atoms with van der Waals surface area (Å²) in [5.41, 5.74) is 1.02. The van der Waals surface area contributed by atoms with E-state index in [1.807, 2.05) is 31.2 Å². The summed E-state index contributed by atoms with van der Waals surface area (Å²) in [4.78, 5) is 9.98. The predicted octanol–water partition coefficient (Wildman–Crippen LogP) is 3.05. The molecule has 2 rings (SSSR count). The number of nitro groups is 1. The van der Waals surface area contributed by atoms with E-state index in [4.69, 9.17) is 9.15 Å². The van der Waals surface area contributed by atoms with Crippen molar-refractivity contribution < 1.29 is 14.1 Å². The Hall–Kier alpha value is -2.34. The zero-order valence-corrected chi connectivity index (χ0v) is 11.3. The summed E-state index contributed by atoms with van der Waals surface area (Å²) in [6, 6.07) is 10.7. The molecule has 6 heteroatoms. The molecule has 0 radical (unpaired) electrons. The maximum Gasteiger partial charge on any atom is 0.433 e. The van der Waals surface area contributed by atoms with Gasteiger partial charge in [0.15, 0.2) is 0 Å². The quantitative estimate of drug-likeness (QED) is 0.648. The Bertz CT molecular complexity index is 594. The van der Waals surface area contributed by atoms with Gasteiger partial charge in [-0.25, -0.2) is 0 Å². The van der Waals surface area contributed by atoms with Crippen molar-refractivity contribution >= 4 is 5.88 Å². The van der Waals surface area contributed by atoms with Crippen molar-refractivity contribution in [3.8, 4) is 5.75 Å². The Balaban J connectivity index is 2.00. The molecule has 0 fully saturated rings. The van der Waals surface area contributed by atoms with Crippen LogP contribution in [0.3, 0.4) is 0 Å². The second kappa shape index (κ2) is 6.21. The number of nitrogens with one attached hydrogen (secondary N) is 1. The summed E-state index contributed by atoms with van der Waals surface area (Å²) in [5.74, 6) is 1.09. The van der Waals surface area contributed by atoms with Crippen LogP contribution in [0, 0.1) is 10.1 Å². The second-order valence-electron chi connectivity index (χ2n) is 4.34. The lowest BCUT2D eigenvalue weighted by Gasteiger charge is -2.16. The third kappa shape index (κ3) is 3.16. The fourth-order valence-corrected chi connectivity index (χ4v) is 1.95. The minimum Gasteiger partial charge on any atom is -0.496 e. The number of furan rings is 1. The van der Waals surface area contributed by atoms with Crippen LogP contribution >= 0.6 is 0 Å². The molecular formula is C14H16N2O4. The molecule has 0 saturated heterocycles. The third-order valence-electron chi connectivity index (χ3n) is 3.02. The zero-order chi connectivity index (χ0) is 14.5. The molecule has 106 valence electrons. The zero-order valence-electron chi connectivity index (χ0n) is 11.3. The molecule has 0 amide bonds. The number of benzene rings is 1. The van der Waals surface area contributed by atoms with Crippen LogP contribution < -0.4 is 10.1 Å². The SMILES string of the molecule is COc1ccccc1[C@H](C)NCc1ccc([N+](=O)[O-])o1. The lowest BCUT2D eigenvalue weighted by molar-refractivity contribution is -0.402. The Morgan fingerprint density at radius 1 is 1.35 bits per heavy atom. The predicted molar refractivity (Wildman–Crippen MR) is 73.6 cm³/mol. The molecule has 0 aliphatic carbocycles. The Labute approximate surface area is 116 Å². The van der Waals surface area contributed by atoms with Crippen LogP contribution in [-0.2, 0) is 6.54 Å². The van der Waals surface area contributed by atoms with Crippen molar-refractivity contribution in [1.29, 1.82) is 0 Å². The van der Waals surface area contributed by atoms with Gasteiger partial charge in [-0.1, -0.05) is 18.2 Å². The van der Waals surface area contributed by atoms with Gasteiger partial charge in [-0.2, -0.15) is 0 Å². The Morgan fingerprint density at radius 3 is 2.75 bits per heavy atom. The van der Waals surface area contributed by atoms with E-state index in [9.17, 15) is 10.1 Å². The minimum atomic E-state index is -0.548. The Morgan fingerprint density at radius 2 is 2.10 bits per heavy atom. The number of hydrogen-bond donors (Lipinski definition) is 1.